The minimum absolute atomic E-state index is 0.131. The number of carbonyl (C=O) groups excluding carboxylic acids is 1. The number of ether oxygens (including phenoxy) is 1. The molecule has 0 saturated carbocycles. The largest absolute Gasteiger partial charge is 0.497 e. The van der Waals surface area contributed by atoms with Crippen LogP contribution in [0.3, 0.4) is 0 Å². The molecule has 1 saturated heterocycles. The van der Waals surface area contributed by atoms with Gasteiger partial charge >= 0.3 is 0 Å². The van der Waals surface area contributed by atoms with Crippen molar-refractivity contribution in [2.45, 2.75) is 10.1 Å². The number of nitrogens with zero attached hydrogens (tertiary/aromatic N) is 1. The number of methoxy groups -OCH3 is 1. The van der Waals surface area contributed by atoms with E-state index in [-0.39, 0.29) is 23.9 Å². The fraction of sp³-hybridized carbons (Fsp3) is 0.190. The van der Waals surface area contributed by atoms with Gasteiger partial charge in [-0.05, 0) is 41.1 Å². The van der Waals surface area contributed by atoms with Crippen molar-refractivity contribution < 1.29 is 17.9 Å². The normalized spacial score (nSPS) is 14.8. The molecule has 1 heterocycles. The Kier molecular flexibility index (Phi) is 4.36. The average Bonchev–Trinajstić information content (AvgIpc) is 2.66. The number of hydrogen-bond acceptors (Lipinski definition) is 4. The number of amides is 1. The summed E-state index contributed by atoms with van der Waals surface area (Å²) in [5.41, 5.74) is 0.605. The van der Waals surface area contributed by atoms with Crippen LogP contribution in [0.5, 0.6) is 5.75 Å². The van der Waals surface area contributed by atoms with E-state index in [1.807, 2.05) is 36.4 Å². The number of benzene rings is 3. The summed E-state index contributed by atoms with van der Waals surface area (Å²) in [6, 6.07) is 19.6. The summed E-state index contributed by atoms with van der Waals surface area (Å²) in [6.07, 6.45) is 0. The van der Waals surface area contributed by atoms with Crippen LogP contribution in [0.2, 0.25) is 0 Å². The highest BCUT2D eigenvalue weighted by atomic mass is 32.2. The van der Waals surface area contributed by atoms with Gasteiger partial charge in [-0.15, -0.1) is 0 Å². The molecular weight excluding hydrogens is 362 g/mol. The molecule has 3 aromatic carbocycles. The van der Waals surface area contributed by atoms with Crippen molar-refractivity contribution in [2.75, 3.05) is 20.2 Å². The fourth-order valence-electron chi connectivity index (χ4n) is 3.34. The third-order valence-electron chi connectivity index (χ3n) is 4.98. The molecule has 0 radical (unpaired) electrons. The Morgan fingerprint density at radius 2 is 1.63 bits per heavy atom. The van der Waals surface area contributed by atoms with Gasteiger partial charge in [-0.25, -0.2) is 8.42 Å². The van der Waals surface area contributed by atoms with Gasteiger partial charge in [0, 0.05) is 18.7 Å². The van der Waals surface area contributed by atoms with Crippen molar-refractivity contribution in [2.24, 2.45) is 0 Å². The summed E-state index contributed by atoms with van der Waals surface area (Å²) in [5.74, 6) is 0.475. The van der Waals surface area contributed by atoms with E-state index in [0.29, 0.717) is 11.3 Å². The fourth-order valence-corrected chi connectivity index (χ4v) is 4.99. The van der Waals surface area contributed by atoms with E-state index in [2.05, 4.69) is 0 Å². The number of carbonyl (C=O) groups is 1. The van der Waals surface area contributed by atoms with Crippen LogP contribution in [0, 0.1) is 0 Å². The SMILES string of the molecule is COc1ccc(S(=O)(=O)C2CN(C(=O)c3cccc4ccccc34)C2)cc1. The zero-order chi connectivity index (χ0) is 19.0. The molecule has 0 N–H and O–H groups in total. The second-order valence-corrected chi connectivity index (χ2v) is 8.81. The summed E-state index contributed by atoms with van der Waals surface area (Å²) in [7, 11) is -1.93. The molecule has 6 heteroatoms. The molecule has 3 aromatic rings. The maximum absolute atomic E-state index is 12.8. The topological polar surface area (TPSA) is 63.7 Å². The summed E-state index contributed by atoms with van der Waals surface area (Å²) < 4.78 is 30.6. The molecule has 0 atom stereocenters. The average molecular weight is 381 g/mol. The summed E-state index contributed by atoms with van der Waals surface area (Å²) in [4.78, 5) is 14.7. The van der Waals surface area contributed by atoms with Crippen LogP contribution in [0.4, 0.5) is 0 Å². The molecule has 27 heavy (non-hydrogen) atoms. The van der Waals surface area contributed by atoms with Crippen molar-refractivity contribution >= 4 is 26.5 Å². The Balaban J connectivity index is 1.52. The van der Waals surface area contributed by atoms with Crippen LogP contribution in [-0.2, 0) is 9.84 Å². The van der Waals surface area contributed by atoms with Gasteiger partial charge < -0.3 is 9.64 Å². The quantitative estimate of drug-likeness (QED) is 0.696. The Hall–Kier alpha value is -2.86. The lowest BCUT2D eigenvalue weighted by molar-refractivity contribution is 0.0661. The number of sulfone groups is 1. The van der Waals surface area contributed by atoms with Crippen molar-refractivity contribution in [3.63, 3.8) is 0 Å². The van der Waals surface area contributed by atoms with Crippen LogP contribution in [-0.4, -0.2) is 44.7 Å². The first-order valence-corrected chi connectivity index (χ1v) is 10.2. The van der Waals surface area contributed by atoms with E-state index in [1.54, 1.807) is 35.2 Å². The lowest BCUT2D eigenvalue weighted by atomic mass is 10.0. The van der Waals surface area contributed by atoms with Gasteiger partial charge in [0.2, 0.25) is 0 Å². The van der Waals surface area contributed by atoms with Crippen molar-refractivity contribution in [3.8, 4) is 5.75 Å². The van der Waals surface area contributed by atoms with E-state index >= 15 is 0 Å². The highest BCUT2D eigenvalue weighted by Crippen LogP contribution is 2.28. The lowest BCUT2D eigenvalue weighted by Crippen LogP contribution is -2.56. The summed E-state index contributed by atoms with van der Waals surface area (Å²) in [6.45, 7) is 0.410. The van der Waals surface area contributed by atoms with Gasteiger partial charge in [0.1, 0.15) is 11.0 Å². The minimum Gasteiger partial charge on any atom is -0.497 e. The predicted octanol–water partition coefficient (Wildman–Crippen LogP) is 3.15. The smallest absolute Gasteiger partial charge is 0.254 e. The predicted molar refractivity (Wildman–Crippen MR) is 104 cm³/mol. The van der Waals surface area contributed by atoms with Crippen molar-refractivity contribution in [3.05, 3.63) is 72.3 Å². The van der Waals surface area contributed by atoms with Gasteiger partial charge in [-0.3, -0.25) is 4.79 Å². The minimum atomic E-state index is -3.47. The van der Waals surface area contributed by atoms with E-state index in [9.17, 15) is 13.2 Å². The molecule has 5 nitrogen and oxygen atoms in total. The third-order valence-corrected chi connectivity index (χ3v) is 7.09. The van der Waals surface area contributed by atoms with Crippen LogP contribution in [0.25, 0.3) is 10.8 Å². The molecule has 1 aliphatic rings. The summed E-state index contributed by atoms with van der Waals surface area (Å²) >= 11 is 0. The second kappa shape index (κ2) is 6.70. The van der Waals surface area contributed by atoms with Gasteiger partial charge in [-0.1, -0.05) is 36.4 Å². The van der Waals surface area contributed by atoms with Crippen molar-refractivity contribution in [1.29, 1.82) is 0 Å². The number of rotatable bonds is 4. The molecule has 0 aliphatic carbocycles. The summed E-state index contributed by atoms with van der Waals surface area (Å²) in [5, 5.41) is 1.29. The molecule has 0 spiro atoms. The standard InChI is InChI=1S/C21H19NO4S/c1-26-16-9-11-17(12-10-16)27(24,25)18-13-22(14-18)21(23)20-8-4-6-15-5-2-3-7-19(15)20/h2-12,18H,13-14H2,1H3. The van der Waals surface area contributed by atoms with Crippen LogP contribution in [0.1, 0.15) is 10.4 Å². The third kappa shape index (κ3) is 3.06. The Labute approximate surface area is 158 Å². The van der Waals surface area contributed by atoms with E-state index in [4.69, 9.17) is 4.74 Å². The van der Waals surface area contributed by atoms with Gasteiger partial charge in [-0.2, -0.15) is 0 Å². The highest BCUT2D eigenvalue weighted by molar-refractivity contribution is 7.92. The molecule has 1 amide bonds. The Morgan fingerprint density at radius 1 is 0.963 bits per heavy atom. The van der Waals surface area contributed by atoms with Gasteiger partial charge in [0.25, 0.3) is 5.91 Å². The van der Waals surface area contributed by atoms with E-state index in [1.165, 1.54) is 7.11 Å². The van der Waals surface area contributed by atoms with Gasteiger partial charge in [0.15, 0.2) is 9.84 Å². The van der Waals surface area contributed by atoms with Crippen LogP contribution >= 0.6 is 0 Å². The molecule has 0 bridgehead atoms. The zero-order valence-corrected chi connectivity index (χ0v) is 15.6. The molecule has 1 aliphatic heterocycles. The molecule has 0 aromatic heterocycles. The van der Waals surface area contributed by atoms with E-state index in [0.717, 1.165) is 10.8 Å². The number of likely N-dealkylation sites (tertiary alicyclic amines) is 1. The molecule has 138 valence electrons. The second-order valence-electron chi connectivity index (χ2n) is 6.58. The molecule has 0 unspecified atom stereocenters. The first-order chi connectivity index (χ1) is 13.0. The van der Waals surface area contributed by atoms with Crippen LogP contribution < -0.4 is 4.74 Å². The maximum atomic E-state index is 12.8. The molecule has 4 rings (SSSR count). The Morgan fingerprint density at radius 3 is 2.33 bits per heavy atom. The monoisotopic (exact) mass is 381 g/mol. The lowest BCUT2D eigenvalue weighted by Gasteiger charge is -2.38. The first kappa shape index (κ1) is 17.5. The van der Waals surface area contributed by atoms with Gasteiger partial charge in [0.05, 0.1) is 12.0 Å². The molecule has 1 fully saturated rings. The molecular formula is C21H19NO4S. The number of fused-ring (bicyclic) bond motifs is 1. The van der Waals surface area contributed by atoms with Crippen molar-refractivity contribution in [1.82, 2.24) is 4.90 Å². The number of hydrogen-bond donors (Lipinski definition) is 0. The maximum Gasteiger partial charge on any atom is 0.254 e. The zero-order valence-electron chi connectivity index (χ0n) is 14.8. The van der Waals surface area contributed by atoms with Crippen LogP contribution in [0.15, 0.2) is 71.6 Å². The highest BCUT2D eigenvalue weighted by Gasteiger charge is 2.41. The Bertz CT molecular complexity index is 1100. The first-order valence-electron chi connectivity index (χ1n) is 8.65. The van der Waals surface area contributed by atoms with E-state index < -0.39 is 15.1 Å².